The number of halogens is 3. The summed E-state index contributed by atoms with van der Waals surface area (Å²) in [5.41, 5.74) is 1.69. The van der Waals surface area contributed by atoms with Crippen LogP contribution < -0.4 is 0 Å². The zero-order chi connectivity index (χ0) is 15.0. The quantitative estimate of drug-likeness (QED) is 0.683. The predicted octanol–water partition coefficient (Wildman–Crippen LogP) is 4.06. The van der Waals surface area contributed by atoms with Crippen LogP contribution >= 0.6 is 11.6 Å². The summed E-state index contributed by atoms with van der Waals surface area (Å²) in [5, 5.41) is -0.345. The molecule has 0 radical (unpaired) electrons. The molecule has 0 spiro atoms. The minimum absolute atomic E-state index is 0.200. The second-order valence-corrected chi connectivity index (χ2v) is 5.41. The molecule has 21 heavy (non-hydrogen) atoms. The maximum atomic E-state index is 13.8. The Balaban J connectivity index is 2.12. The Bertz CT molecular complexity index is 799. The number of hydrogen-bond donors (Lipinski definition) is 0. The average molecular weight is 308 g/mol. The second-order valence-electron chi connectivity index (χ2n) is 4.75. The van der Waals surface area contributed by atoms with Crippen LogP contribution in [0.1, 0.15) is 23.7 Å². The Kier molecular flexibility index (Phi) is 3.59. The lowest BCUT2D eigenvalue weighted by Crippen LogP contribution is -2.08. The Labute approximate surface area is 125 Å². The van der Waals surface area contributed by atoms with Gasteiger partial charge in [-0.25, -0.2) is 18.7 Å². The molecule has 1 atom stereocenters. The molecule has 3 rings (SSSR count). The van der Waals surface area contributed by atoms with E-state index in [2.05, 4.69) is 9.97 Å². The highest BCUT2D eigenvalue weighted by molar-refractivity contribution is 6.20. The van der Waals surface area contributed by atoms with E-state index in [1.54, 1.807) is 23.8 Å². The van der Waals surface area contributed by atoms with Crippen LogP contribution in [0.15, 0.2) is 36.5 Å². The summed E-state index contributed by atoms with van der Waals surface area (Å²) in [6.07, 6.45) is 1.64. The van der Waals surface area contributed by atoms with Gasteiger partial charge in [0.1, 0.15) is 23.0 Å². The number of fused-ring (bicyclic) bond motifs is 1. The summed E-state index contributed by atoms with van der Waals surface area (Å²) in [7, 11) is 0. The molecule has 0 amide bonds. The van der Waals surface area contributed by atoms with Gasteiger partial charge in [-0.05, 0) is 25.1 Å². The fourth-order valence-electron chi connectivity index (χ4n) is 2.26. The fraction of sp³-hybridized carbons (Fsp3) is 0.200. The van der Waals surface area contributed by atoms with Gasteiger partial charge in [-0.15, -0.1) is 11.6 Å². The van der Waals surface area contributed by atoms with Gasteiger partial charge in [-0.1, -0.05) is 6.07 Å². The number of benzene rings is 1. The molecular formula is C15H12ClF2N3. The van der Waals surface area contributed by atoms with Crippen molar-refractivity contribution in [3.8, 4) is 0 Å². The van der Waals surface area contributed by atoms with Crippen molar-refractivity contribution in [2.45, 2.75) is 18.8 Å². The van der Waals surface area contributed by atoms with E-state index in [1.807, 2.05) is 6.07 Å². The number of hydrogen-bond acceptors (Lipinski definition) is 2. The van der Waals surface area contributed by atoms with Crippen molar-refractivity contribution < 1.29 is 8.78 Å². The Morgan fingerprint density at radius 2 is 2.10 bits per heavy atom. The van der Waals surface area contributed by atoms with Crippen LogP contribution in [-0.2, 0) is 6.54 Å². The monoisotopic (exact) mass is 307 g/mol. The molecule has 1 unspecified atom stereocenters. The Hall–Kier alpha value is -2.01. The number of aromatic nitrogens is 3. The molecule has 0 saturated carbocycles. The highest BCUT2D eigenvalue weighted by Crippen LogP contribution is 2.25. The van der Waals surface area contributed by atoms with E-state index >= 15 is 0 Å². The third-order valence-corrected chi connectivity index (χ3v) is 3.43. The lowest BCUT2D eigenvalue weighted by molar-refractivity contribution is 0.565. The average Bonchev–Trinajstić information content (AvgIpc) is 2.81. The number of alkyl halides is 1. The molecule has 0 N–H and O–H groups in total. The predicted molar refractivity (Wildman–Crippen MR) is 77.3 cm³/mol. The topological polar surface area (TPSA) is 30.7 Å². The van der Waals surface area contributed by atoms with Crippen molar-refractivity contribution in [2.24, 2.45) is 0 Å². The first-order chi connectivity index (χ1) is 10.1. The van der Waals surface area contributed by atoms with Crippen LogP contribution in [0, 0.1) is 11.6 Å². The van der Waals surface area contributed by atoms with Crippen molar-refractivity contribution in [1.82, 2.24) is 14.5 Å². The molecule has 6 heteroatoms. The maximum Gasteiger partial charge on any atom is 0.160 e. The number of rotatable bonds is 3. The zero-order valence-electron chi connectivity index (χ0n) is 11.2. The highest BCUT2D eigenvalue weighted by atomic mass is 35.5. The summed E-state index contributed by atoms with van der Waals surface area (Å²) >= 11 is 6.15. The van der Waals surface area contributed by atoms with E-state index in [1.165, 1.54) is 12.1 Å². The van der Waals surface area contributed by atoms with Crippen LogP contribution in [0.2, 0.25) is 0 Å². The van der Waals surface area contributed by atoms with E-state index in [9.17, 15) is 8.78 Å². The maximum absolute atomic E-state index is 13.8. The molecule has 0 bridgehead atoms. The van der Waals surface area contributed by atoms with Gasteiger partial charge in [0.25, 0.3) is 0 Å². The molecule has 0 fully saturated rings. The van der Waals surface area contributed by atoms with Crippen LogP contribution in [0.25, 0.3) is 11.2 Å². The van der Waals surface area contributed by atoms with E-state index in [0.717, 1.165) is 6.07 Å². The molecular weight excluding hydrogens is 296 g/mol. The van der Waals surface area contributed by atoms with Gasteiger partial charge in [0, 0.05) is 17.8 Å². The van der Waals surface area contributed by atoms with Gasteiger partial charge in [0.2, 0.25) is 0 Å². The lowest BCUT2D eigenvalue weighted by atomic mass is 10.2. The number of pyridine rings is 1. The van der Waals surface area contributed by atoms with Crippen LogP contribution in [0.3, 0.4) is 0 Å². The minimum atomic E-state index is -0.601. The smallest absolute Gasteiger partial charge is 0.160 e. The van der Waals surface area contributed by atoms with Gasteiger partial charge in [0.05, 0.1) is 11.9 Å². The zero-order valence-corrected chi connectivity index (χ0v) is 12.0. The molecule has 3 aromatic rings. The molecule has 0 saturated heterocycles. The van der Waals surface area contributed by atoms with Crippen molar-refractivity contribution >= 4 is 22.8 Å². The third kappa shape index (κ3) is 2.61. The first kappa shape index (κ1) is 13.9. The van der Waals surface area contributed by atoms with Gasteiger partial charge < -0.3 is 4.57 Å². The summed E-state index contributed by atoms with van der Waals surface area (Å²) < 4.78 is 28.6. The fourth-order valence-corrected chi connectivity index (χ4v) is 2.42. The summed E-state index contributed by atoms with van der Waals surface area (Å²) in [6, 6.07) is 7.12. The van der Waals surface area contributed by atoms with Crippen molar-refractivity contribution in [1.29, 1.82) is 0 Å². The van der Waals surface area contributed by atoms with E-state index in [4.69, 9.17) is 11.6 Å². The molecule has 1 aromatic carbocycles. The number of nitrogens with zero attached hydrogens (tertiary/aromatic N) is 3. The summed E-state index contributed by atoms with van der Waals surface area (Å²) in [6.45, 7) is 1.99. The molecule has 2 heterocycles. The van der Waals surface area contributed by atoms with Crippen molar-refractivity contribution in [3.63, 3.8) is 0 Å². The first-order valence-electron chi connectivity index (χ1n) is 6.45. The second kappa shape index (κ2) is 5.41. The van der Waals surface area contributed by atoms with E-state index < -0.39 is 11.6 Å². The molecule has 2 aromatic heterocycles. The van der Waals surface area contributed by atoms with E-state index in [0.29, 0.717) is 22.6 Å². The highest BCUT2D eigenvalue weighted by Gasteiger charge is 2.17. The molecule has 0 aliphatic rings. The third-order valence-electron chi connectivity index (χ3n) is 3.23. The van der Waals surface area contributed by atoms with Gasteiger partial charge in [0.15, 0.2) is 5.65 Å². The Morgan fingerprint density at radius 1 is 1.29 bits per heavy atom. The summed E-state index contributed by atoms with van der Waals surface area (Å²) in [4.78, 5) is 8.70. The largest absolute Gasteiger partial charge is 0.307 e. The molecule has 3 nitrogen and oxygen atoms in total. The SMILES string of the molecule is CC(Cl)c1nc2cccnc2n1Cc1ccc(F)cc1F. The minimum Gasteiger partial charge on any atom is -0.307 e. The van der Waals surface area contributed by atoms with Crippen molar-refractivity contribution in [2.75, 3.05) is 0 Å². The van der Waals surface area contributed by atoms with Crippen LogP contribution in [0.4, 0.5) is 8.78 Å². The molecule has 108 valence electrons. The van der Waals surface area contributed by atoms with Crippen LogP contribution in [-0.4, -0.2) is 14.5 Å². The van der Waals surface area contributed by atoms with Gasteiger partial charge in [-0.3, -0.25) is 0 Å². The molecule has 0 aliphatic heterocycles. The molecule has 0 aliphatic carbocycles. The standard InChI is InChI=1S/C15H12ClF2N3/c1-9(16)14-20-13-3-2-6-19-15(13)21(14)8-10-4-5-11(17)7-12(10)18/h2-7,9H,8H2,1H3. The summed E-state index contributed by atoms with van der Waals surface area (Å²) in [5.74, 6) is -0.592. The normalized spacial score (nSPS) is 12.8. The van der Waals surface area contributed by atoms with E-state index in [-0.39, 0.29) is 11.9 Å². The van der Waals surface area contributed by atoms with Crippen LogP contribution in [0.5, 0.6) is 0 Å². The van der Waals surface area contributed by atoms with Gasteiger partial charge in [-0.2, -0.15) is 0 Å². The first-order valence-corrected chi connectivity index (χ1v) is 6.89. The lowest BCUT2D eigenvalue weighted by Gasteiger charge is -2.10. The number of imidazole rings is 1. The van der Waals surface area contributed by atoms with Gasteiger partial charge >= 0.3 is 0 Å². The van der Waals surface area contributed by atoms with Crippen molar-refractivity contribution in [3.05, 3.63) is 59.6 Å². The Morgan fingerprint density at radius 3 is 2.81 bits per heavy atom.